The van der Waals surface area contributed by atoms with Crippen molar-refractivity contribution in [1.29, 1.82) is 0 Å². The summed E-state index contributed by atoms with van der Waals surface area (Å²) in [6, 6.07) is 11.3. The van der Waals surface area contributed by atoms with E-state index in [0.717, 1.165) is 6.07 Å². The molecule has 2 aromatic carbocycles. The summed E-state index contributed by atoms with van der Waals surface area (Å²) in [5, 5.41) is 0. The van der Waals surface area contributed by atoms with Crippen LogP contribution in [0.1, 0.15) is 0 Å². The lowest BCUT2D eigenvalue weighted by Crippen LogP contribution is -2.05. The quantitative estimate of drug-likeness (QED) is 0.837. The van der Waals surface area contributed by atoms with Crippen LogP contribution in [-0.2, 0) is 20.2 Å². The van der Waals surface area contributed by atoms with Gasteiger partial charge in [0, 0.05) is 5.56 Å². The third kappa shape index (κ3) is 3.05. The van der Waals surface area contributed by atoms with Gasteiger partial charge in [-0.3, -0.25) is 9.11 Å². The normalized spacial score (nSPS) is 12.3. The van der Waals surface area contributed by atoms with Gasteiger partial charge >= 0.3 is 0 Å². The van der Waals surface area contributed by atoms with Crippen LogP contribution in [0.5, 0.6) is 0 Å². The van der Waals surface area contributed by atoms with E-state index in [4.69, 9.17) is 4.55 Å². The van der Waals surface area contributed by atoms with E-state index in [-0.39, 0.29) is 5.56 Å². The SMILES string of the molecule is O=S(=O)(O)c1ccc(-c2ccccc2)c(S(=O)(=O)O)c1. The van der Waals surface area contributed by atoms with E-state index in [2.05, 4.69) is 0 Å². The fourth-order valence-electron chi connectivity index (χ4n) is 1.73. The Kier molecular flexibility index (Phi) is 3.65. The summed E-state index contributed by atoms with van der Waals surface area (Å²) >= 11 is 0. The zero-order valence-corrected chi connectivity index (χ0v) is 11.6. The van der Waals surface area contributed by atoms with Crippen LogP contribution in [0.2, 0.25) is 0 Å². The summed E-state index contributed by atoms with van der Waals surface area (Å²) < 4.78 is 63.0. The zero-order valence-electron chi connectivity index (χ0n) is 9.96. The highest BCUT2D eigenvalue weighted by Crippen LogP contribution is 2.29. The van der Waals surface area contributed by atoms with Crippen molar-refractivity contribution >= 4 is 20.2 Å². The Hall–Kier alpha value is -1.74. The summed E-state index contributed by atoms with van der Waals surface area (Å²) in [6.07, 6.45) is 0. The van der Waals surface area contributed by atoms with Crippen molar-refractivity contribution in [3.05, 3.63) is 48.5 Å². The van der Waals surface area contributed by atoms with E-state index in [1.165, 1.54) is 6.07 Å². The predicted molar refractivity (Wildman–Crippen MR) is 71.5 cm³/mol. The predicted octanol–water partition coefficient (Wildman–Crippen LogP) is 1.85. The first-order valence-corrected chi connectivity index (χ1v) is 8.22. The first kappa shape index (κ1) is 14.7. The lowest BCUT2D eigenvalue weighted by Gasteiger charge is -2.08. The number of hydrogen-bond donors (Lipinski definition) is 2. The zero-order chi connectivity index (χ0) is 15.0. The molecular weight excluding hydrogens is 304 g/mol. The van der Waals surface area contributed by atoms with Gasteiger partial charge in [-0.05, 0) is 17.7 Å². The molecule has 8 heteroatoms. The topological polar surface area (TPSA) is 109 Å². The van der Waals surface area contributed by atoms with E-state index in [0.29, 0.717) is 11.6 Å². The average molecular weight is 314 g/mol. The molecule has 0 radical (unpaired) electrons. The van der Waals surface area contributed by atoms with Crippen LogP contribution in [0.3, 0.4) is 0 Å². The van der Waals surface area contributed by atoms with Gasteiger partial charge in [-0.25, -0.2) is 0 Å². The van der Waals surface area contributed by atoms with Crippen molar-refractivity contribution in [2.45, 2.75) is 9.79 Å². The molecule has 0 amide bonds. The molecule has 6 nitrogen and oxygen atoms in total. The van der Waals surface area contributed by atoms with Crippen molar-refractivity contribution in [2.24, 2.45) is 0 Å². The lowest BCUT2D eigenvalue weighted by molar-refractivity contribution is 0.481. The minimum Gasteiger partial charge on any atom is -0.282 e. The van der Waals surface area contributed by atoms with E-state index in [9.17, 15) is 21.4 Å². The van der Waals surface area contributed by atoms with Crippen molar-refractivity contribution in [3.8, 4) is 11.1 Å². The molecule has 0 aromatic heterocycles. The van der Waals surface area contributed by atoms with Crippen LogP contribution >= 0.6 is 0 Å². The second-order valence-corrected chi connectivity index (χ2v) is 6.79. The molecule has 0 spiro atoms. The molecule has 0 aliphatic heterocycles. The summed E-state index contributed by atoms with van der Waals surface area (Å²) in [5.74, 6) is 0. The van der Waals surface area contributed by atoms with Crippen molar-refractivity contribution < 1.29 is 25.9 Å². The molecule has 0 saturated carbocycles. The summed E-state index contributed by atoms with van der Waals surface area (Å²) in [4.78, 5) is -1.19. The van der Waals surface area contributed by atoms with Gasteiger partial charge < -0.3 is 0 Å². The molecule has 0 atom stereocenters. The maximum absolute atomic E-state index is 11.4. The van der Waals surface area contributed by atoms with Gasteiger partial charge in [0.05, 0.1) is 4.90 Å². The Morgan fingerprint density at radius 1 is 0.750 bits per heavy atom. The highest BCUT2D eigenvalue weighted by atomic mass is 32.2. The van der Waals surface area contributed by atoms with Crippen LogP contribution < -0.4 is 0 Å². The van der Waals surface area contributed by atoms with Crippen LogP contribution in [0.15, 0.2) is 58.3 Å². The van der Waals surface area contributed by atoms with E-state index in [1.807, 2.05) is 0 Å². The van der Waals surface area contributed by atoms with Crippen LogP contribution in [-0.4, -0.2) is 25.9 Å². The molecule has 106 valence electrons. The third-order valence-corrected chi connectivity index (χ3v) is 4.36. The minimum atomic E-state index is -4.64. The fourth-order valence-corrected chi connectivity index (χ4v) is 3.05. The molecule has 2 rings (SSSR count). The second kappa shape index (κ2) is 4.98. The Balaban J connectivity index is 2.78. The Morgan fingerprint density at radius 2 is 1.35 bits per heavy atom. The molecule has 0 heterocycles. The summed E-state index contributed by atoms with van der Waals surface area (Å²) in [7, 11) is -9.20. The lowest BCUT2D eigenvalue weighted by atomic mass is 10.1. The number of rotatable bonds is 3. The van der Waals surface area contributed by atoms with Crippen LogP contribution in [0.4, 0.5) is 0 Å². The molecule has 2 N–H and O–H groups in total. The van der Waals surface area contributed by atoms with Gasteiger partial charge in [0.15, 0.2) is 0 Å². The molecule has 0 saturated heterocycles. The number of hydrogen-bond acceptors (Lipinski definition) is 4. The van der Waals surface area contributed by atoms with E-state index >= 15 is 0 Å². The maximum atomic E-state index is 11.4. The molecule has 0 aliphatic rings. The molecule has 0 unspecified atom stereocenters. The smallest absolute Gasteiger partial charge is 0.282 e. The van der Waals surface area contributed by atoms with Crippen molar-refractivity contribution in [2.75, 3.05) is 0 Å². The first-order valence-electron chi connectivity index (χ1n) is 5.34. The number of benzene rings is 2. The van der Waals surface area contributed by atoms with Gasteiger partial charge in [0.2, 0.25) is 0 Å². The molecule has 20 heavy (non-hydrogen) atoms. The molecule has 0 fully saturated rings. The first-order chi connectivity index (χ1) is 9.19. The van der Waals surface area contributed by atoms with Crippen LogP contribution in [0.25, 0.3) is 11.1 Å². The van der Waals surface area contributed by atoms with Gasteiger partial charge in [0.25, 0.3) is 20.2 Å². The molecule has 0 aliphatic carbocycles. The average Bonchev–Trinajstić information content (AvgIpc) is 2.37. The van der Waals surface area contributed by atoms with Gasteiger partial charge in [-0.1, -0.05) is 36.4 Å². The van der Waals surface area contributed by atoms with E-state index in [1.54, 1.807) is 30.3 Å². The summed E-state index contributed by atoms with van der Waals surface area (Å²) in [5.41, 5.74) is 0.627. The van der Waals surface area contributed by atoms with E-state index < -0.39 is 30.0 Å². The van der Waals surface area contributed by atoms with Crippen molar-refractivity contribution in [1.82, 2.24) is 0 Å². The minimum absolute atomic E-state index is 0.139. The monoisotopic (exact) mass is 314 g/mol. The standard InChI is InChI=1S/C12H10O6S2/c13-19(14,15)10-6-7-11(9-4-2-1-3-5-9)12(8-10)20(16,17)18/h1-8H,(H,13,14,15)(H,16,17,18). The Morgan fingerprint density at radius 3 is 1.85 bits per heavy atom. The fraction of sp³-hybridized carbons (Fsp3) is 0. The molecular formula is C12H10O6S2. The highest BCUT2D eigenvalue weighted by molar-refractivity contribution is 7.86. The summed E-state index contributed by atoms with van der Waals surface area (Å²) in [6.45, 7) is 0. The van der Waals surface area contributed by atoms with Gasteiger partial charge in [-0.2, -0.15) is 16.8 Å². The Bertz CT molecular complexity index is 839. The van der Waals surface area contributed by atoms with Gasteiger partial charge in [-0.15, -0.1) is 0 Å². The largest absolute Gasteiger partial charge is 0.295 e. The molecule has 2 aromatic rings. The molecule has 0 bridgehead atoms. The Labute approximate surface area is 116 Å². The van der Waals surface area contributed by atoms with Crippen molar-refractivity contribution in [3.63, 3.8) is 0 Å². The second-order valence-electron chi connectivity index (χ2n) is 3.97. The highest BCUT2D eigenvalue weighted by Gasteiger charge is 2.20. The van der Waals surface area contributed by atoms with Gasteiger partial charge in [0.1, 0.15) is 4.90 Å². The third-order valence-electron chi connectivity index (χ3n) is 2.61. The van der Waals surface area contributed by atoms with Crippen LogP contribution in [0, 0.1) is 0 Å². The maximum Gasteiger partial charge on any atom is 0.295 e.